The molecule has 1 amide bonds. The number of carbonyl (C=O) groups is 1. The number of nitrogens with zero attached hydrogens (tertiary/aromatic N) is 1. The van der Waals surface area contributed by atoms with Crippen LogP contribution in [0.4, 0.5) is 0 Å². The first-order chi connectivity index (χ1) is 8.63. The van der Waals surface area contributed by atoms with E-state index in [9.17, 15) is 4.79 Å². The Labute approximate surface area is 117 Å². The lowest BCUT2D eigenvalue weighted by Crippen LogP contribution is -2.41. The molecule has 1 saturated carbocycles. The molecule has 0 aromatic carbocycles. The Morgan fingerprint density at radius 1 is 1.67 bits per heavy atom. The van der Waals surface area contributed by atoms with Gasteiger partial charge in [-0.3, -0.25) is 4.79 Å². The summed E-state index contributed by atoms with van der Waals surface area (Å²) >= 11 is 6.66. The van der Waals surface area contributed by atoms with Crippen molar-refractivity contribution in [2.45, 2.75) is 38.8 Å². The summed E-state index contributed by atoms with van der Waals surface area (Å²) in [6.45, 7) is 2.64. The Hall–Kier alpha value is -0.940. The van der Waals surface area contributed by atoms with E-state index in [0.717, 1.165) is 12.8 Å². The summed E-state index contributed by atoms with van der Waals surface area (Å²) in [6.07, 6.45) is 2.88. The molecule has 98 valence electrons. The fourth-order valence-corrected chi connectivity index (χ4v) is 2.98. The highest BCUT2D eigenvalue weighted by atomic mass is 32.1. The van der Waals surface area contributed by atoms with Crippen molar-refractivity contribution in [2.75, 3.05) is 0 Å². The number of nitrogens with two attached hydrogens (primary N) is 1. The number of amides is 1. The van der Waals surface area contributed by atoms with Crippen LogP contribution in [0.3, 0.4) is 0 Å². The summed E-state index contributed by atoms with van der Waals surface area (Å²) in [5, 5.41) is 4.13. The van der Waals surface area contributed by atoms with Gasteiger partial charge >= 0.3 is 0 Å². The van der Waals surface area contributed by atoms with Gasteiger partial charge in [0, 0.05) is 12.6 Å². The molecule has 2 N–H and O–H groups in total. The third-order valence-corrected chi connectivity index (χ3v) is 4.27. The van der Waals surface area contributed by atoms with Gasteiger partial charge in [0.15, 0.2) is 0 Å². The second-order valence-corrected chi connectivity index (χ2v) is 5.94. The maximum atomic E-state index is 12.5. The van der Waals surface area contributed by atoms with E-state index in [1.807, 2.05) is 17.2 Å². The van der Waals surface area contributed by atoms with Crippen molar-refractivity contribution < 1.29 is 4.79 Å². The van der Waals surface area contributed by atoms with E-state index in [-0.39, 0.29) is 11.8 Å². The van der Waals surface area contributed by atoms with E-state index in [1.54, 1.807) is 11.3 Å². The van der Waals surface area contributed by atoms with Gasteiger partial charge in [0.2, 0.25) is 5.91 Å². The van der Waals surface area contributed by atoms with E-state index < -0.39 is 0 Å². The lowest BCUT2D eigenvalue weighted by Gasteiger charge is -2.26. The van der Waals surface area contributed by atoms with Gasteiger partial charge in [-0.15, -0.1) is 0 Å². The molecule has 1 aromatic heterocycles. The van der Waals surface area contributed by atoms with Crippen LogP contribution in [0.15, 0.2) is 16.8 Å². The number of hydrogen-bond acceptors (Lipinski definition) is 3. The number of rotatable bonds is 6. The SMILES string of the molecule is CCC(C(=O)N(Cc1ccsc1)C1CC1)C(N)=S. The van der Waals surface area contributed by atoms with Crippen molar-refractivity contribution >= 4 is 34.5 Å². The molecule has 0 spiro atoms. The average molecular weight is 282 g/mol. The number of carbonyl (C=O) groups excluding carboxylic acids is 1. The number of hydrogen-bond donors (Lipinski definition) is 1. The topological polar surface area (TPSA) is 46.3 Å². The Bertz CT molecular complexity index is 426. The molecule has 2 rings (SSSR count). The molecule has 1 aromatic rings. The van der Waals surface area contributed by atoms with Crippen LogP contribution in [-0.2, 0) is 11.3 Å². The minimum Gasteiger partial charge on any atom is -0.393 e. The first-order valence-corrected chi connectivity index (χ1v) is 7.59. The quantitative estimate of drug-likeness (QED) is 0.816. The fourth-order valence-electron chi connectivity index (χ4n) is 2.05. The van der Waals surface area contributed by atoms with Crippen molar-refractivity contribution in [3.63, 3.8) is 0 Å². The van der Waals surface area contributed by atoms with Crippen molar-refractivity contribution in [1.82, 2.24) is 4.90 Å². The molecule has 1 aliphatic carbocycles. The molecule has 1 atom stereocenters. The third-order valence-electron chi connectivity index (χ3n) is 3.25. The average Bonchev–Trinajstić information content (AvgIpc) is 3.03. The minimum atomic E-state index is -0.306. The number of thiocarbonyl (C=S) groups is 1. The zero-order valence-electron chi connectivity index (χ0n) is 10.5. The van der Waals surface area contributed by atoms with E-state index in [1.165, 1.54) is 5.56 Å². The standard InChI is InChI=1S/C13H18N2OS2/c1-2-11(12(14)17)13(16)15(10-3-4-10)7-9-5-6-18-8-9/h5-6,8,10-11H,2-4,7H2,1H3,(H2,14,17). The summed E-state index contributed by atoms with van der Waals surface area (Å²) in [5.74, 6) is -0.210. The van der Waals surface area contributed by atoms with Crippen LogP contribution in [0.1, 0.15) is 31.7 Å². The molecule has 1 fully saturated rings. The molecule has 0 radical (unpaired) electrons. The molecule has 5 heteroatoms. The Kier molecular flexibility index (Phi) is 4.35. The zero-order chi connectivity index (χ0) is 13.1. The van der Waals surface area contributed by atoms with Crippen molar-refractivity contribution in [1.29, 1.82) is 0 Å². The molecular formula is C13H18N2OS2. The molecule has 0 aliphatic heterocycles. The Morgan fingerprint density at radius 3 is 2.83 bits per heavy atom. The molecule has 1 heterocycles. The van der Waals surface area contributed by atoms with Crippen LogP contribution in [0.2, 0.25) is 0 Å². The van der Waals surface area contributed by atoms with Crippen molar-refractivity contribution in [3.05, 3.63) is 22.4 Å². The van der Waals surface area contributed by atoms with Gasteiger partial charge in [-0.25, -0.2) is 0 Å². The summed E-state index contributed by atoms with van der Waals surface area (Å²) < 4.78 is 0. The maximum absolute atomic E-state index is 12.5. The van der Waals surface area contributed by atoms with Gasteiger partial charge < -0.3 is 10.6 Å². The smallest absolute Gasteiger partial charge is 0.233 e. The largest absolute Gasteiger partial charge is 0.393 e. The van der Waals surface area contributed by atoms with Crippen LogP contribution < -0.4 is 5.73 Å². The first-order valence-electron chi connectivity index (χ1n) is 6.24. The van der Waals surface area contributed by atoms with E-state index in [4.69, 9.17) is 18.0 Å². The highest BCUT2D eigenvalue weighted by Crippen LogP contribution is 2.30. The predicted molar refractivity (Wildman–Crippen MR) is 78.5 cm³/mol. The van der Waals surface area contributed by atoms with Crippen LogP contribution in [0.25, 0.3) is 0 Å². The van der Waals surface area contributed by atoms with Gasteiger partial charge in [-0.2, -0.15) is 11.3 Å². The second-order valence-electron chi connectivity index (χ2n) is 4.69. The van der Waals surface area contributed by atoms with Gasteiger partial charge in [-0.05, 0) is 41.7 Å². The molecule has 0 bridgehead atoms. The molecule has 18 heavy (non-hydrogen) atoms. The summed E-state index contributed by atoms with van der Waals surface area (Å²) in [5.41, 5.74) is 6.86. The second kappa shape index (κ2) is 5.80. The van der Waals surface area contributed by atoms with Crippen molar-refractivity contribution in [2.24, 2.45) is 11.7 Å². The Balaban J connectivity index is 2.09. The van der Waals surface area contributed by atoms with Crippen LogP contribution in [0, 0.1) is 5.92 Å². The molecule has 0 saturated heterocycles. The summed E-state index contributed by atoms with van der Waals surface area (Å²) in [6, 6.07) is 2.45. The van der Waals surface area contributed by atoms with E-state index >= 15 is 0 Å². The lowest BCUT2D eigenvalue weighted by molar-refractivity contribution is -0.134. The molecule has 1 aliphatic rings. The normalized spacial score (nSPS) is 16.3. The third kappa shape index (κ3) is 3.09. The maximum Gasteiger partial charge on any atom is 0.233 e. The summed E-state index contributed by atoms with van der Waals surface area (Å²) in [7, 11) is 0. The lowest BCUT2D eigenvalue weighted by atomic mass is 10.0. The minimum absolute atomic E-state index is 0.0960. The van der Waals surface area contributed by atoms with Gasteiger partial charge in [0.05, 0.1) is 10.9 Å². The first kappa shape index (κ1) is 13.5. The van der Waals surface area contributed by atoms with Crippen LogP contribution in [0.5, 0.6) is 0 Å². The van der Waals surface area contributed by atoms with Gasteiger partial charge in [0.1, 0.15) is 0 Å². The highest BCUT2D eigenvalue weighted by molar-refractivity contribution is 7.80. The fraction of sp³-hybridized carbons (Fsp3) is 0.538. The van der Waals surface area contributed by atoms with Crippen molar-refractivity contribution in [3.8, 4) is 0 Å². The van der Waals surface area contributed by atoms with Gasteiger partial charge in [0.25, 0.3) is 0 Å². The molecule has 3 nitrogen and oxygen atoms in total. The summed E-state index contributed by atoms with van der Waals surface area (Å²) in [4.78, 5) is 14.8. The molecule has 1 unspecified atom stereocenters. The number of thiophene rings is 1. The van der Waals surface area contributed by atoms with Gasteiger partial charge in [-0.1, -0.05) is 19.1 Å². The van der Waals surface area contributed by atoms with E-state index in [2.05, 4.69) is 11.4 Å². The van der Waals surface area contributed by atoms with E-state index in [0.29, 0.717) is 24.0 Å². The van der Waals surface area contributed by atoms with Crippen LogP contribution in [-0.4, -0.2) is 21.8 Å². The highest BCUT2D eigenvalue weighted by Gasteiger charge is 2.36. The zero-order valence-corrected chi connectivity index (χ0v) is 12.1. The predicted octanol–water partition coefficient (Wildman–Crippen LogP) is 2.55. The Morgan fingerprint density at radius 2 is 2.39 bits per heavy atom. The molecular weight excluding hydrogens is 264 g/mol. The van der Waals surface area contributed by atoms with Crippen LogP contribution >= 0.6 is 23.6 Å². The monoisotopic (exact) mass is 282 g/mol.